The second-order valence-electron chi connectivity index (χ2n) is 22.8. The number of unbranched alkanes of at least 4 members (excludes halogenated alkanes) is 45. The van der Waals surface area contributed by atoms with E-state index in [0.717, 1.165) is 57.8 Å². The largest absolute Gasteiger partial charge is 0.466 e. The molecule has 0 rings (SSSR count). The van der Waals surface area contributed by atoms with Crippen LogP contribution in [0.5, 0.6) is 0 Å². The van der Waals surface area contributed by atoms with Crippen molar-refractivity contribution in [2.24, 2.45) is 0 Å². The molecule has 0 saturated heterocycles. The van der Waals surface area contributed by atoms with Gasteiger partial charge >= 0.3 is 5.97 Å². The van der Waals surface area contributed by atoms with Crippen molar-refractivity contribution in [3.63, 3.8) is 0 Å². The first-order valence-corrected chi connectivity index (χ1v) is 33.4. The lowest BCUT2D eigenvalue weighted by Crippen LogP contribution is -2.45. The Balaban J connectivity index is 3.46. The van der Waals surface area contributed by atoms with E-state index in [2.05, 4.69) is 55.6 Å². The average molecular weight is 1050 g/mol. The predicted octanol–water partition coefficient (Wildman–Crippen LogP) is 21.3. The predicted molar refractivity (Wildman–Crippen MR) is 329 cm³/mol. The average Bonchev–Trinajstić information content (AvgIpc) is 3.41. The number of carbonyl (C=O) groups is 2. The second kappa shape index (κ2) is 64.3. The van der Waals surface area contributed by atoms with Crippen LogP contribution < -0.4 is 5.32 Å². The van der Waals surface area contributed by atoms with Crippen LogP contribution in [0, 0.1) is 0 Å². The van der Waals surface area contributed by atoms with Gasteiger partial charge in [0.25, 0.3) is 0 Å². The van der Waals surface area contributed by atoms with E-state index in [-0.39, 0.29) is 18.5 Å². The van der Waals surface area contributed by atoms with Crippen molar-refractivity contribution in [3.05, 3.63) is 48.6 Å². The molecule has 440 valence electrons. The van der Waals surface area contributed by atoms with Gasteiger partial charge in [0.05, 0.1) is 25.4 Å². The zero-order valence-electron chi connectivity index (χ0n) is 50.3. The van der Waals surface area contributed by atoms with Gasteiger partial charge < -0.3 is 20.3 Å². The van der Waals surface area contributed by atoms with E-state index in [9.17, 15) is 19.8 Å². The molecular formula is C69H129NO5. The molecule has 6 nitrogen and oxygen atoms in total. The van der Waals surface area contributed by atoms with E-state index in [1.807, 2.05) is 6.08 Å². The fourth-order valence-electron chi connectivity index (χ4n) is 10.2. The van der Waals surface area contributed by atoms with Crippen LogP contribution in [0.4, 0.5) is 0 Å². The molecule has 0 spiro atoms. The summed E-state index contributed by atoms with van der Waals surface area (Å²) in [4.78, 5) is 24.6. The van der Waals surface area contributed by atoms with Crippen molar-refractivity contribution < 1.29 is 24.5 Å². The van der Waals surface area contributed by atoms with Crippen LogP contribution in [0.2, 0.25) is 0 Å². The van der Waals surface area contributed by atoms with E-state index in [4.69, 9.17) is 4.74 Å². The molecule has 0 heterocycles. The fourth-order valence-corrected chi connectivity index (χ4v) is 10.2. The van der Waals surface area contributed by atoms with E-state index in [1.165, 1.54) is 270 Å². The summed E-state index contributed by atoms with van der Waals surface area (Å²) in [7, 11) is 0. The van der Waals surface area contributed by atoms with Gasteiger partial charge in [-0.1, -0.05) is 300 Å². The first-order valence-electron chi connectivity index (χ1n) is 33.4. The minimum atomic E-state index is -0.852. The molecule has 0 aliphatic rings. The van der Waals surface area contributed by atoms with Crippen molar-refractivity contribution in [3.8, 4) is 0 Å². The molecule has 0 aromatic carbocycles. The Morgan fingerprint density at radius 2 is 0.667 bits per heavy atom. The Labute approximate surface area is 467 Å². The SMILES string of the molecule is CCCCCC/C=C\C/C=C\CCCCCCCCCC(=O)OCCCCCCCCCCC/C=C\CCCCCCCCCC(=O)NC(CO)C(O)/C=C/CCCCCCCCCCCCCCCCCCCC. The van der Waals surface area contributed by atoms with E-state index in [1.54, 1.807) is 6.08 Å². The van der Waals surface area contributed by atoms with Gasteiger partial charge in [0.2, 0.25) is 5.91 Å². The number of allylic oxidation sites excluding steroid dienone is 7. The molecule has 0 saturated carbocycles. The molecule has 75 heavy (non-hydrogen) atoms. The highest BCUT2D eigenvalue weighted by Gasteiger charge is 2.18. The van der Waals surface area contributed by atoms with Gasteiger partial charge in [-0.3, -0.25) is 9.59 Å². The maximum Gasteiger partial charge on any atom is 0.305 e. The Bertz CT molecular complexity index is 1260. The molecular weight excluding hydrogens is 923 g/mol. The molecule has 2 unspecified atom stereocenters. The van der Waals surface area contributed by atoms with Gasteiger partial charge in [-0.25, -0.2) is 0 Å². The maximum atomic E-state index is 12.5. The van der Waals surface area contributed by atoms with Crippen LogP contribution in [0.3, 0.4) is 0 Å². The lowest BCUT2D eigenvalue weighted by Gasteiger charge is -2.20. The molecule has 0 aromatic rings. The number of nitrogens with one attached hydrogen (secondary N) is 1. The molecule has 6 heteroatoms. The second-order valence-corrected chi connectivity index (χ2v) is 22.8. The number of amides is 1. The van der Waals surface area contributed by atoms with Crippen molar-refractivity contribution >= 4 is 11.9 Å². The van der Waals surface area contributed by atoms with E-state index >= 15 is 0 Å². The summed E-state index contributed by atoms with van der Waals surface area (Å²) in [5.41, 5.74) is 0. The number of carbonyl (C=O) groups excluding carboxylic acids is 2. The van der Waals surface area contributed by atoms with Gasteiger partial charge in [-0.2, -0.15) is 0 Å². The zero-order valence-corrected chi connectivity index (χ0v) is 50.3. The normalized spacial score (nSPS) is 12.9. The van der Waals surface area contributed by atoms with E-state index < -0.39 is 12.1 Å². The quantitative estimate of drug-likeness (QED) is 0.0320. The smallest absolute Gasteiger partial charge is 0.305 e. The summed E-state index contributed by atoms with van der Waals surface area (Å²) >= 11 is 0. The Hall–Kier alpha value is -2.18. The molecule has 1 amide bonds. The number of esters is 1. The Morgan fingerprint density at radius 1 is 0.373 bits per heavy atom. The summed E-state index contributed by atoms with van der Waals surface area (Å²) in [6.45, 7) is 4.90. The lowest BCUT2D eigenvalue weighted by atomic mass is 10.0. The highest BCUT2D eigenvalue weighted by molar-refractivity contribution is 5.76. The van der Waals surface area contributed by atoms with Crippen LogP contribution in [0.15, 0.2) is 48.6 Å². The van der Waals surface area contributed by atoms with Crippen LogP contribution in [-0.2, 0) is 14.3 Å². The third-order valence-corrected chi connectivity index (χ3v) is 15.3. The summed E-state index contributed by atoms with van der Waals surface area (Å²) in [6.07, 6.45) is 83.0. The topological polar surface area (TPSA) is 95.9 Å². The van der Waals surface area contributed by atoms with Gasteiger partial charge in [-0.15, -0.1) is 0 Å². The monoisotopic (exact) mass is 1050 g/mol. The third-order valence-electron chi connectivity index (χ3n) is 15.3. The molecule has 0 bridgehead atoms. The summed E-state index contributed by atoms with van der Waals surface area (Å²) in [6, 6.07) is -0.636. The van der Waals surface area contributed by atoms with E-state index in [0.29, 0.717) is 19.4 Å². The van der Waals surface area contributed by atoms with Gasteiger partial charge in [0.1, 0.15) is 0 Å². The molecule has 0 aliphatic heterocycles. The first-order chi connectivity index (χ1) is 37.0. The number of hydrogen-bond donors (Lipinski definition) is 3. The first kappa shape index (κ1) is 72.8. The minimum Gasteiger partial charge on any atom is -0.466 e. The van der Waals surface area contributed by atoms with Crippen molar-refractivity contribution in [1.29, 1.82) is 0 Å². The fraction of sp³-hybridized carbons (Fsp3) is 0.855. The molecule has 0 aromatic heterocycles. The zero-order chi connectivity index (χ0) is 54.3. The van der Waals surface area contributed by atoms with Crippen molar-refractivity contribution in [2.45, 2.75) is 366 Å². The number of hydrogen-bond acceptors (Lipinski definition) is 5. The van der Waals surface area contributed by atoms with Crippen LogP contribution >= 0.6 is 0 Å². The number of aliphatic hydroxyl groups is 2. The van der Waals surface area contributed by atoms with Crippen LogP contribution in [0.25, 0.3) is 0 Å². The minimum absolute atomic E-state index is 0.00166. The molecule has 0 aliphatic carbocycles. The van der Waals surface area contributed by atoms with Gasteiger partial charge in [0, 0.05) is 12.8 Å². The summed E-state index contributed by atoms with van der Waals surface area (Å²) in [5.74, 6) is -0.0762. The molecule has 0 fully saturated rings. The Morgan fingerprint density at radius 3 is 1.04 bits per heavy atom. The molecule has 2 atom stereocenters. The summed E-state index contributed by atoms with van der Waals surface area (Å²) < 4.78 is 5.49. The standard InChI is InChI=1S/C69H129NO5/c1-3-5-7-9-11-13-15-17-19-21-23-26-29-33-37-41-45-49-53-57-61-67(72)66(65-71)70-68(73)62-58-54-50-46-42-38-34-30-27-24-25-28-32-36-40-44-48-52-56-60-64-75-69(74)63-59-55-51-47-43-39-35-31-22-20-18-16-14-12-10-8-6-4-2/h14,16,20,22,24,27,57,61,66-67,71-72H,3-13,15,17-19,21,23,25-26,28-56,58-60,62-65H2,1-2H3,(H,70,73)/b16-14-,22-20-,27-24-,61-57+. The number of aliphatic hydroxyl groups excluding tert-OH is 2. The highest BCUT2D eigenvalue weighted by atomic mass is 16.5. The number of rotatable bonds is 62. The molecule has 0 radical (unpaired) electrons. The third kappa shape index (κ3) is 60.9. The Kier molecular flexibility index (Phi) is 62.5. The van der Waals surface area contributed by atoms with Crippen molar-refractivity contribution in [1.82, 2.24) is 5.32 Å². The van der Waals surface area contributed by atoms with Crippen molar-refractivity contribution in [2.75, 3.05) is 13.2 Å². The molecule has 3 N–H and O–H groups in total. The van der Waals surface area contributed by atoms with Crippen LogP contribution in [0.1, 0.15) is 354 Å². The van der Waals surface area contributed by atoms with Crippen LogP contribution in [-0.4, -0.2) is 47.4 Å². The lowest BCUT2D eigenvalue weighted by molar-refractivity contribution is -0.143. The highest BCUT2D eigenvalue weighted by Crippen LogP contribution is 2.17. The van der Waals surface area contributed by atoms with Gasteiger partial charge in [0.15, 0.2) is 0 Å². The maximum absolute atomic E-state index is 12.5. The summed E-state index contributed by atoms with van der Waals surface area (Å²) in [5, 5.41) is 23.2. The number of ether oxygens (including phenoxy) is 1. The van der Waals surface area contributed by atoms with Gasteiger partial charge in [-0.05, 0) is 89.9 Å².